The molecule has 0 aromatic heterocycles. The van der Waals surface area contributed by atoms with Crippen molar-refractivity contribution in [2.24, 2.45) is 0 Å². The number of hydrogen-bond donors (Lipinski definition) is 0. The maximum atomic E-state index is 12.5. The van der Waals surface area contributed by atoms with Gasteiger partial charge in [0.1, 0.15) is 0 Å². The Bertz CT molecular complexity index is 644. The van der Waals surface area contributed by atoms with Crippen LogP contribution in [0.4, 0.5) is 0 Å². The van der Waals surface area contributed by atoms with Crippen molar-refractivity contribution >= 4 is 17.8 Å². The fourth-order valence-corrected chi connectivity index (χ4v) is 3.61. The van der Waals surface area contributed by atoms with E-state index in [2.05, 4.69) is 0 Å². The van der Waals surface area contributed by atoms with Crippen LogP contribution in [0, 0.1) is 0 Å². The van der Waals surface area contributed by atoms with Crippen LogP contribution in [0.3, 0.4) is 0 Å². The summed E-state index contributed by atoms with van der Waals surface area (Å²) >= 11 is 0. The molecular weight excluding hydrogens is 322 g/mol. The first-order valence-electron chi connectivity index (χ1n) is 8.75. The molecule has 0 bridgehead atoms. The van der Waals surface area contributed by atoms with Crippen molar-refractivity contribution in [3.05, 3.63) is 35.9 Å². The predicted molar refractivity (Wildman–Crippen MR) is 89.3 cm³/mol. The maximum Gasteiger partial charge on any atom is 0.303 e. The van der Waals surface area contributed by atoms with Crippen molar-refractivity contribution in [2.45, 2.75) is 63.9 Å². The summed E-state index contributed by atoms with van der Waals surface area (Å²) in [4.78, 5) is 37.3. The number of benzene rings is 1. The summed E-state index contributed by atoms with van der Waals surface area (Å²) < 4.78 is 11.0. The fourth-order valence-electron chi connectivity index (χ4n) is 3.61. The van der Waals surface area contributed by atoms with Crippen LogP contribution in [0.5, 0.6) is 0 Å². The Balaban J connectivity index is 1.68. The average Bonchev–Trinajstić information content (AvgIpc) is 2.87. The number of amides is 2. The van der Waals surface area contributed by atoms with Crippen molar-refractivity contribution in [1.29, 1.82) is 0 Å². The molecule has 1 heterocycles. The van der Waals surface area contributed by atoms with E-state index in [4.69, 9.17) is 9.47 Å². The van der Waals surface area contributed by atoms with E-state index in [1.165, 1.54) is 11.8 Å². The van der Waals surface area contributed by atoms with Gasteiger partial charge in [-0.25, -0.2) is 0 Å². The van der Waals surface area contributed by atoms with Gasteiger partial charge in [-0.3, -0.25) is 19.3 Å². The Labute approximate surface area is 147 Å². The van der Waals surface area contributed by atoms with E-state index in [-0.39, 0.29) is 24.5 Å². The third-order valence-corrected chi connectivity index (χ3v) is 4.76. The highest BCUT2D eigenvalue weighted by Gasteiger charge is 2.47. The molecule has 1 saturated heterocycles. The molecule has 1 aliphatic heterocycles. The maximum absolute atomic E-state index is 12.5. The van der Waals surface area contributed by atoms with Gasteiger partial charge in [0.15, 0.2) is 6.10 Å². The predicted octanol–water partition coefficient (Wildman–Crippen LogP) is 2.21. The van der Waals surface area contributed by atoms with E-state index in [0.29, 0.717) is 6.61 Å². The quantitative estimate of drug-likeness (QED) is 0.604. The molecular formula is C19H23NO5. The summed E-state index contributed by atoms with van der Waals surface area (Å²) in [6.07, 6.45) is 2.27. The fraction of sp³-hybridized carbons (Fsp3) is 0.526. The van der Waals surface area contributed by atoms with E-state index in [1.54, 1.807) is 0 Å². The molecule has 1 saturated carbocycles. The number of carbonyl (C=O) groups excluding carboxylic acids is 3. The molecule has 6 nitrogen and oxygen atoms in total. The van der Waals surface area contributed by atoms with E-state index in [9.17, 15) is 14.4 Å². The average molecular weight is 345 g/mol. The largest absolute Gasteiger partial charge is 0.452 e. The van der Waals surface area contributed by atoms with Crippen molar-refractivity contribution in [3.8, 4) is 0 Å². The van der Waals surface area contributed by atoms with Crippen molar-refractivity contribution in [1.82, 2.24) is 4.90 Å². The summed E-state index contributed by atoms with van der Waals surface area (Å²) in [7, 11) is 0. The summed E-state index contributed by atoms with van der Waals surface area (Å²) in [6, 6.07) is 9.55. The Kier molecular flexibility index (Phi) is 5.48. The van der Waals surface area contributed by atoms with E-state index < -0.39 is 18.0 Å². The van der Waals surface area contributed by atoms with Crippen LogP contribution in [-0.4, -0.2) is 40.9 Å². The number of esters is 1. The van der Waals surface area contributed by atoms with Crippen molar-refractivity contribution < 1.29 is 23.9 Å². The highest BCUT2D eigenvalue weighted by atomic mass is 16.5. The molecule has 25 heavy (non-hydrogen) atoms. The Morgan fingerprint density at radius 3 is 2.60 bits per heavy atom. The van der Waals surface area contributed by atoms with Crippen LogP contribution >= 0.6 is 0 Å². The van der Waals surface area contributed by atoms with Crippen LogP contribution in [0.15, 0.2) is 30.3 Å². The topological polar surface area (TPSA) is 72.9 Å². The third kappa shape index (κ3) is 4.07. The number of nitrogens with zero attached hydrogens (tertiary/aromatic N) is 1. The molecule has 6 heteroatoms. The smallest absolute Gasteiger partial charge is 0.303 e. The van der Waals surface area contributed by atoms with E-state index >= 15 is 0 Å². The molecule has 3 atom stereocenters. The normalized spacial score (nSPS) is 26.8. The van der Waals surface area contributed by atoms with Gasteiger partial charge in [0.05, 0.1) is 25.2 Å². The van der Waals surface area contributed by atoms with Gasteiger partial charge in [-0.05, 0) is 18.4 Å². The van der Waals surface area contributed by atoms with Gasteiger partial charge in [-0.15, -0.1) is 0 Å². The summed E-state index contributed by atoms with van der Waals surface area (Å²) in [5.74, 6) is -1.25. The molecule has 1 aromatic carbocycles. The number of carbonyl (C=O) groups is 3. The molecule has 0 radical (unpaired) electrons. The highest BCUT2D eigenvalue weighted by Crippen LogP contribution is 2.31. The minimum absolute atomic E-state index is 0.0691. The van der Waals surface area contributed by atoms with Crippen LogP contribution < -0.4 is 0 Å². The number of rotatable bonds is 5. The van der Waals surface area contributed by atoms with Gasteiger partial charge >= 0.3 is 5.97 Å². The van der Waals surface area contributed by atoms with Crippen LogP contribution in [0.1, 0.15) is 44.6 Å². The van der Waals surface area contributed by atoms with Gasteiger partial charge in [0.25, 0.3) is 5.91 Å². The van der Waals surface area contributed by atoms with Gasteiger partial charge in [-0.1, -0.05) is 43.2 Å². The number of likely N-dealkylation sites (tertiary alicyclic amines) is 1. The first kappa shape index (κ1) is 17.6. The molecule has 134 valence electrons. The molecule has 3 rings (SSSR count). The summed E-state index contributed by atoms with van der Waals surface area (Å²) in [5.41, 5.74) is 1.06. The van der Waals surface area contributed by atoms with Crippen molar-refractivity contribution in [3.63, 3.8) is 0 Å². The lowest BCUT2D eigenvalue weighted by Gasteiger charge is -2.36. The summed E-state index contributed by atoms with van der Waals surface area (Å²) in [6.45, 7) is 1.69. The van der Waals surface area contributed by atoms with E-state index in [0.717, 1.165) is 31.2 Å². The second kappa shape index (κ2) is 7.78. The molecule has 0 N–H and O–H groups in total. The standard InChI is InChI=1S/C19H23NO5/c1-13(21)25-17-11-18(22)20(19(17)23)15-9-5-6-10-16(15)24-12-14-7-3-2-4-8-14/h2-4,7-8,15-17H,5-6,9-12H2,1H3/t15-,16-,17?/m1/s1. The lowest BCUT2D eigenvalue weighted by Crippen LogP contribution is -2.50. The van der Waals surface area contributed by atoms with Gasteiger partial charge in [-0.2, -0.15) is 0 Å². The molecule has 1 aliphatic carbocycles. The third-order valence-electron chi connectivity index (χ3n) is 4.76. The molecule has 1 unspecified atom stereocenters. The second-order valence-corrected chi connectivity index (χ2v) is 6.59. The Morgan fingerprint density at radius 1 is 1.16 bits per heavy atom. The van der Waals surface area contributed by atoms with E-state index in [1.807, 2.05) is 30.3 Å². The van der Waals surface area contributed by atoms with Crippen LogP contribution in [0.25, 0.3) is 0 Å². The van der Waals surface area contributed by atoms with Crippen LogP contribution in [0.2, 0.25) is 0 Å². The zero-order valence-corrected chi connectivity index (χ0v) is 14.3. The minimum Gasteiger partial charge on any atom is -0.452 e. The molecule has 2 amide bonds. The molecule has 0 spiro atoms. The van der Waals surface area contributed by atoms with Gasteiger partial charge in [0, 0.05) is 6.92 Å². The molecule has 2 aliphatic rings. The Morgan fingerprint density at radius 2 is 1.88 bits per heavy atom. The minimum atomic E-state index is -0.985. The lowest BCUT2D eigenvalue weighted by atomic mass is 9.91. The highest BCUT2D eigenvalue weighted by molar-refractivity contribution is 6.06. The van der Waals surface area contributed by atoms with Crippen molar-refractivity contribution in [2.75, 3.05) is 0 Å². The number of imide groups is 1. The zero-order chi connectivity index (χ0) is 17.8. The summed E-state index contributed by atoms with van der Waals surface area (Å²) in [5, 5.41) is 0. The first-order valence-corrected chi connectivity index (χ1v) is 8.75. The molecule has 1 aromatic rings. The lowest BCUT2D eigenvalue weighted by molar-refractivity contribution is -0.158. The Hall–Kier alpha value is -2.21. The SMILES string of the molecule is CC(=O)OC1CC(=O)N([C@@H]2CCCC[C@H]2OCc2ccccc2)C1=O. The number of hydrogen-bond acceptors (Lipinski definition) is 5. The monoisotopic (exact) mass is 345 g/mol. The van der Waals surface area contributed by atoms with Crippen LogP contribution in [-0.2, 0) is 30.5 Å². The van der Waals surface area contributed by atoms with Gasteiger partial charge in [0.2, 0.25) is 5.91 Å². The second-order valence-electron chi connectivity index (χ2n) is 6.59. The number of ether oxygens (including phenoxy) is 2. The first-order chi connectivity index (χ1) is 12.1. The zero-order valence-electron chi connectivity index (χ0n) is 14.3. The van der Waals surface area contributed by atoms with Gasteiger partial charge < -0.3 is 9.47 Å². The molecule has 2 fully saturated rings.